The van der Waals surface area contributed by atoms with Gasteiger partial charge in [0.25, 0.3) is 0 Å². The third-order valence-corrected chi connectivity index (χ3v) is 5.11. The fourth-order valence-electron chi connectivity index (χ4n) is 4.00. The second-order valence-electron chi connectivity index (χ2n) is 6.36. The van der Waals surface area contributed by atoms with E-state index in [1.54, 1.807) is 0 Å². The van der Waals surface area contributed by atoms with E-state index in [-0.39, 0.29) is 0 Å². The van der Waals surface area contributed by atoms with E-state index in [0.29, 0.717) is 24.5 Å². The highest BCUT2D eigenvalue weighted by Gasteiger charge is 2.36. The Morgan fingerprint density at radius 3 is 2.67 bits per heavy atom. The maximum Gasteiger partial charge on any atom is 0.0471 e. The van der Waals surface area contributed by atoms with E-state index >= 15 is 0 Å². The lowest BCUT2D eigenvalue weighted by molar-refractivity contribution is 0.0918. The highest BCUT2D eigenvalue weighted by molar-refractivity contribution is 4.90. The number of hydrogen-bond donors (Lipinski definition) is 2. The molecule has 1 saturated carbocycles. The molecule has 2 fully saturated rings. The first kappa shape index (κ1) is 14.3. The Bertz CT molecular complexity index is 247. The minimum atomic E-state index is 0.356. The zero-order chi connectivity index (χ0) is 13.0. The van der Waals surface area contributed by atoms with Crippen LogP contribution in [0.3, 0.4) is 0 Å². The molecule has 0 aromatic heterocycles. The zero-order valence-corrected chi connectivity index (χ0v) is 11.9. The van der Waals surface area contributed by atoms with E-state index in [2.05, 4.69) is 11.8 Å². The Morgan fingerprint density at radius 1 is 1.22 bits per heavy atom. The summed E-state index contributed by atoms with van der Waals surface area (Å²) in [7, 11) is 0. The van der Waals surface area contributed by atoms with Crippen LogP contribution in [0.15, 0.2) is 0 Å². The summed E-state index contributed by atoms with van der Waals surface area (Å²) < 4.78 is 0. The van der Waals surface area contributed by atoms with Crippen LogP contribution in [0.25, 0.3) is 0 Å². The Hall–Kier alpha value is -0.120. The van der Waals surface area contributed by atoms with Crippen LogP contribution in [0.5, 0.6) is 0 Å². The molecule has 4 unspecified atom stereocenters. The number of aliphatic hydroxyl groups excluding tert-OH is 1. The number of likely N-dealkylation sites (tertiary alicyclic amines) is 1. The summed E-state index contributed by atoms with van der Waals surface area (Å²) in [5, 5.41) is 9.29. The van der Waals surface area contributed by atoms with Gasteiger partial charge in [-0.1, -0.05) is 26.2 Å². The van der Waals surface area contributed by atoms with E-state index in [1.807, 2.05) is 0 Å². The molecule has 1 aliphatic heterocycles. The van der Waals surface area contributed by atoms with Gasteiger partial charge >= 0.3 is 0 Å². The second-order valence-corrected chi connectivity index (χ2v) is 6.36. The van der Waals surface area contributed by atoms with Crippen LogP contribution >= 0.6 is 0 Å². The summed E-state index contributed by atoms with van der Waals surface area (Å²) in [6.45, 7) is 5.75. The van der Waals surface area contributed by atoms with Crippen LogP contribution < -0.4 is 5.73 Å². The molecule has 3 nitrogen and oxygen atoms in total. The van der Waals surface area contributed by atoms with E-state index < -0.39 is 0 Å². The van der Waals surface area contributed by atoms with Gasteiger partial charge in [-0.15, -0.1) is 0 Å². The normalized spacial score (nSPS) is 38.2. The number of hydrogen-bond acceptors (Lipinski definition) is 3. The lowest BCUT2D eigenvalue weighted by Gasteiger charge is -2.41. The summed E-state index contributed by atoms with van der Waals surface area (Å²) in [5.41, 5.74) is 5.97. The fraction of sp³-hybridized carbons (Fsp3) is 1.00. The lowest BCUT2D eigenvalue weighted by atomic mass is 9.76. The van der Waals surface area contributed by atoms with Crippen LogP contribution in [0.2, 0.25) is 0 Å². The number of rotatable bonds is 5. The first-order valence-corrected chi connectivity index (χ1v) is 7.83. The van der Waals surface area contributed by atoms with Crippen molar-refractivity contribution in [3.63, 3.8) is 0 Å². The molecule has 3 heteroatoms. The molecule has 1 saturated heterocycles. The summed E-state index contributed by atoms with van der Waals surface area (Å²) >= 11 is 0. The van der Waals surface area contributed by atoms with Crippen LogP contribution in [0.4, 0.5) is 0 Å². The Labute approximate surface area is 112 Å². The molecule has 0 radical (unpaired) electrons. The molecule has 2 aliphatic rings. The van der Waals surface area contributed by atoms with E-state index in [4.69, 9.17) is 5.73 Å². The third-order valence-electron chi connectivity index (χ3n) is 5.11. The van der Waals surface area contributed by atoms with Gasteiger partial charge in [0.1, 0.15) is 0 Å². The monoisotopic (exact) mass is 254 g/mol. The SMILES string of the molecule is CCCC1CCC(CN)C(N2CCC(CO)C2)C1. The average Bonchev–Trinajstić information content (AvgIpc) is 2.87. The van der Waals surface area contributed by atoms with Crippen molar-refractivity contribution in [2.75, 3.05) is 26.2 Å². The standard InChI is InChI=1S/C15H30N2O/c1-2-3-12-4-5-14(9-16)15(8-12)17-7-6-13(10-17)11-18/h12-15,18H,2-11,16H2,1H3. The van der Waals surface area contributed by atoms with Crippen LogP contribution in [-0.2, 0) is 0 Å². The topological polar surface area (TPSA) is 49.5 Å². The molecule has 0 bridgehead atoms. The van der Waals surface area contributed by atoms with E-state index in [1.165, 1.54) is 45.1 Å². The predicted octanol–water partition coefficient (Wildman–Crippen LogP) is 1.84. The van der Waals surface area contributed by atoms with Gasteiger partial charge in [-0.25, -0.2) is 0 Å². The van der Waals surface area contributed by atoms with Crippen LogP contribution in [0.1, 0.15) is 45.4 Å². The Morgan fingerprint density at radius 2 is 2.06 bits per heavy atom. The van der Waals surface area contributed by atoms with Crippen molar-refractivity contribution in [1.82, 2.24) is 4.90 Å². The van der Waals surface area contributed by atoms with Crippen molar-refractivity contribution in [1.29, 1.82) is 0 Å². The van der Waals surface area contributed by atoms with Crippen LogP contribution in [0, 0.1) is 17.8 Å². The van der Waals surface area contributed by atoms with E-state index in [9.17, 15) is 5.11 Å². The molecule has 2 rings (SSSR count). The quantitative estimate of drug-likeness (QED) is 0.787. The van der Waals surface area contributed by atoms with Crippen molar-refractivity contribution in [2.24, 2.45) is 23.5 Å². The van der Waals surface area contributed by atoms with Crippen LogP contribution in [-0.4, -0.2) is 42.3 Å². The minimum absolute atomic E-state index is 0.356. The molecule has 1 heterocycles. The van der Waals surface area contributed by atoms with Crippen molar-refractivity contribution >= 4 is 0 Å². The van der Waals surface area contributed by atoms with Crippen molar-refractivity contribution in [3.05, 3.63) is 0 Å². The molecule has 4 atom stereocenters. The summed E-state index contributed by atoms with van der Waals surface area (Å²) in [5.74, 6) is 2.11. The zero-order valence-electron chi connectivity index (χ0n) is 11.9. The van der Waals surface area contributed by atoms with Gasteiger partial charge < -0.3 is 10.8 Å². The molecular weight excluding hydrogens is 224 g/mol. The first-order valence-electron chi connectivity index (χ1n) is 7.83. The summed E-state index contributed by atoms with van der Waals surface area (Å²) in [4.78, 5) is 2.63. The van der Waals surface area contributed by atoms with Gasteiger partial charge in [0.05, 0.1) is 0 Å². The second kappa shape index (κ2) is 6.88. The number of aliphatic hydroxyl groups is 1. The first-order chi connectivity index (χ1) is 8.78. The molecule has 0 aromatic rings. The van der Waals surface area contributed by atoms with Gasteiger partial charge in [-0.05, 0) is 50.1 Å². The Kier molecular flexibility index (Phi) is 5.46. The lowest BCUT2D eigenvalue weighted by Crippen LogP contribution is -2.46. The fourth-order valence-corrected chi connectivity index (χ4v) is 4.00. The van der Waals surface area contributed by atoms with Gasteiger partial charge in [0.15, 0.2) is 0 Å². The van der Waals surface area contributed by atoms with Gasteiger partial charge in [0, 0.05) is 19.2 Å². The molecule has 0 spiro atoms. The van der Waals surface area contributed by atoms with Crippen molar-refractivity contribution in [3.8, 4) is 0 Å². The molecule has 3 N–H and O–H groups in total. The van der Waals surface area contributed by atoms with E-state index in [0.717, 1.165) is 19.0 Å². The van der Waals surface area contributed by atoms with Gasteiger partial charge in [-0.2, -0.15) is 0 Å². The largest absolute Gasteiger partial charge is 0.396 e. The maximum atomic E-state index is 9.29. The molecule has 106 valence electrons. The number of nitrogens with two attached hydrogens (primary N) is 1. The highest BCUT2D eigenvalue weighted by Crippen LogP contribution is 2.36. The third kappa shape index (κ3) is 3.25. The average molecular weight is 254 g/mol. The van der Waals surface area contributed by atoms with Crippen molar-refractivity contribution < 1.29 is 5.11 Å². The van der Waals surface area contributed by atoms with Gasteiger partial charge in [0.2, 0.25) is 0 Å². The maximum absolute atomic E-state index is 9.29. The van der Waals surface area contributed by atoms with Gasteiger partial charge in [-0.3, -0.25) is 4.90 Å². The molecule has 1 aliphatic carbocycles. The highest BCUT2D eigenvalue weighted by atomic mass is 16.3. The Balaban J connectivity index is 1.93. The molecule has 0 aromatic carbocycles. The minimum Gasteiger partial charge on any atom is -0.396 e. The predicted molar refractivity (Wildman–Crippen MR) is 75.3 cm³/mol. The smallest absolute Gasteiger partial charge is 0.0471 e. The molecular formula is C15H30N2O. The molecule has 18 heavy (non-hydrogen) atoms. The summed E-state index contributed by atoms with van der Waals surface area (Å²) in [6.07, 6.45) is 7.89. The number of nitrogens with zero attached hydrogens (tertiary/aromatic N) is 1. The molecule has 0 amide bonds. The summed E-state index contributed by atoms with van der Waals surface area (Å²) in [6, 6.07) is 0.692. The van der Waals surface area contributed by atoms with Crippen molar-refractivity contribution in [2.45, 2.75) is 51.5 Å².